The van der Waals surface area contributed by atoms with Gasteiger partial charge in [0.1, 0.15) is 4.90 Å². The van der Waals surface area contributed by atoms with Crippen LogP contribution in [-0.2, 0) is 10.0 Å². The van der Waals surface area contributed by atoms with Gasteiger partial charge in [-0.3, -0.25) is 10.1 Å². The molecule has 0 unspecified atom stereocenters. The van der Waals surface area contributed by atoms with Gasteiger partial charge in [-0.15, -0.1) is 0 Å². The molecule has 1 aliphatic rings. The van der Waals surface area contributed by atoms with Crippen molar-refractivity contribution in [2.24, 2.45) is 5.41 Å². The van der Waals surface area contributed by atoms with Crippen molar-refractivity contribution in [1.29, 1.82) is 0 Å². The molecule has 110 valence electrons. The van der Waals surface area contributed by atoms with E-state index in [1.165, 1.54) is 6.07 Å². The number of sulfonamides is 1. The lowest BCUT2D eigenvalue weighted by Gasteiger charge is -2.14. The summed E-state index contributed by atoms with van der Waals surface area (Å²) in [5, 5.41) is 10.6. The van der Waals surface area contributed by atoms with E-state index in [0.717, 1.165) is 31.4 Å². The molecular weight excluding hydrogens is 282 g/mol. The largest absolute Gasteiger partial charge is 0.397 e. The molecule has 1 fully saturated rings. The van der Waals surface area contributed by atoms with E-state index in [2.05, 4.69) is 4.72 Å². The third-order valence-corrected chi connectivity index (χ3v) is 5.31. The number of hydrogen-bond donors (Lipinski definition) is 2. The Morgan fingerprint density at radius 3 is 2.55 bits per heavy atom. The summed E-state index contributed by atoms with van der Waals surface area (Å²) in [6, 6.07) is 3.36. The summed E-state index contributed by atoms with van der Waals surface area (Å²) in [7, 11) is -3.73. The van der Waals surface area contributed by atoms with Gasteiger partial charge in [-0.05, 0) is 30.7 Å². The highest BCUT2D eigenvalue weighted by Gasteiger charge is 2.41. The lowest BCUT2D eigenvalue weighted by Crippen LogP contribution is -2.30. The van der Waals surface area contributed by atoms with Crippen molar-refractivity contribution in [1.82, 2.24) is 4.72 Å². The van der Waals surface area contributed by atoms with Crippen LogP contribution in [0.5, 0.6) is 0 Å². The molecule has 1 saturated carbocycles. The lowest BCUT2D eigenvalue weighted by atomic mass is 10.1. The number of hydrogen-bond acceptors (Lipinski definition) is 5. The fourth-order valence-electron chi connectivity index (χ4n) is 2.05. The number of rotatable bonds is 6. The average Bonchev–Trinajstić information content (AvgIpc) is 3.17. The van der Waals surface area contributed by atoms with Gasteiger partial charge in [0.05, 0.1) is 10.6 Å². The van der Waals surface area contributed by atoms with E-state index < -0.39 is 14.9 Å². The fraction of sp³-hybridized carbons (Fsp3) is 0.500. The standard InChI is InChI=1S/C12H17N3O4S/c1-2-12(5-6-12)8-14-20(18,19)11-4-3-9(15(16)17)7-10(11)13/h3-4,7,14H,2,5-6,8,13H2,1H3. The van der Waals surface area contributed by atoms with Gasteiger partial charge < -0.3 is 5.73 Å². The van der Waals surface area contributed by atoms with E-state index in [4.69, 9.17) is 5.73 Å². The Hall–Kier alpha value is -1.67. The molecule has 0 spiro atoms. The quantitative estimate of drug-likeness (QED) is 0.470. The van der Waals surface area contributed by atoms with Crippen molar-refractivity contribution in [2.75, 3.05) is 12.3 Å². The minimum Gasteiger partial charge on any atom is -0.397 e. The van der Waals surface area contributed by atoms with E-state index in [-0.39, 0.29) is 21.7 Å². The van der Waals surface area contributed by atoms with Crippen LogP contribution in [0.3, 0.4) is 0 Å². The number of nitro groups is 1. The highest BCUT2D eigenvalue weighted by atomic mass is 32.2. The first-order valence-electron chi connectivity index (χ1n) is 6.33. The molecule has 7 nitrogen and oxygen atoms in total. The number of nitrogens with one attached hydrogen (secondary N) is 1. The summed E-state index contributed by atoms with van der Waals surface area (Å²) in [5.41, 5.74) is 5.34. The van der Waals surface area contributed by atoms with Gasteiger partial charge in [-0.1, -0.05) is 6.92 Å². The monoisotopic (exact) mass is 299 g/mol. The maximum absolute atomic E-state index is 12.2. The summed E-state index contributed by atoms with van der Waals surface area (Å²) < 4.78 is 26.9. The van der Waals surface area contributed by atoms with Gasteiger partial charge in [-0.25, -0.2) is 13.1 Å². The van der Waals surface area contributed by atoms with Crippen LogP contribution >= 0.6 is 0 Å². The molecule has 1 aromatic carbocycles. The smallest absolute Gasteiger partial charge is 0.271 e. The first-order valence-corrected chi connectivity index (χ1v) is 7.82. The van der Waals surface area contributed by atoms with Crippen molar-refractivity contribution in [3.8, 4) is 0 Å². The van der Waals surface area contributed by atoms with Crippen LogP contribution < -0.4 is 10.5 Å². The first kappa shape index (κ1) is 14.7. The molecule has 20 heavy (non-hydrogen) atoms. The van der Waals surface area contributed by atoms with Gasteiger partial charge in [0.25, 0.3) is 5.69 Å². The van der Waals surface area contributed by atoms with Crippen molar-refractivity contribution in [3.05, 3.63) is 28.3 Å². The van der Waals surface area contributed by atoms with Crippen LogP contribution in [-0.4, -0.2) is 19.9 Å². The Kier molecular flexibility index (Phi) is 3.70. The van der Waals surface area contributed by atoms with Gasteiger partial charge in [0.15, 0.2) is 0 Å². The van der Waals surface area contributed by atoms with E-state index in [9.17, 15) is 18.5 Å². The number of nitrogens with two attached hydrogens (primary N) is 1. The van der Waals surface area contributed by atoms with Crippen LogP contribution in [0.1, 0.15) is 26.2 Å². The zero-order chi connectivity index (χ0) is 15.0. The zero-order valence-electron chi connectivity index (χ0n) is 11.1. The number of non-ortho nitro benzene ring substituents is 1. The average molecular weight is 299 g/mol. The van der Waals surface area contributed by atoms with Crippen molar-refractivity contribution in [3.63, 3.8) is 0 Å². The molecule has 0 atom stereocenters. The normalized spacial score (nSPS) is 16.9. The molecular formula is C12H17N3O4S. The molecule has 0 amide bonds. The van der Waals surface area contributed by atoms with Crippen LogP contribution in [0.25, 0.3) is 0 Å². The second-order valence-electron chi connectivity index (χ2n) is 5.16. The molecule has 3 N–H and O–H groups in total. The molecule has 8 heteroatoms. The third kappa shape index (κ3) is 2.91. The van der Waals surface area contributed by atoms with Crippen molar-refractivity contribution < 1.29 is 13.3 Å². The predicted octanol–water partition coefficient (Wildman–Crippen LogP) is 1.65. The number of nitro benzene ring substituents is 1. The maximum atomic E-state index is 12.2. The Bertz CT molecular complexity index is 638. The summed E-state index contributed by atoms with van der Waals surface area (Å²) >= 11 is 0. The van der Waals surface area contributed by atoms with Crippen LogP contribution in [0.15, 0.2) is 23.1 Å². The van der Waals surface area contributed by atoms with Gasteiger partial charge >= 0.3 is 0 Å². The number of nitrogens with zero attached hydrogens (tertiary/aromatic N) is 1. The number of nitrogen functional groups attached to an aromatic ring is 1. The fourth-order valence-corrected chi connectivity index (χ4v) is 3.32. The molecule has 0 bridgehead atoms. The number of anilines is 1. The van der Waals surface area contributed by atoms with Gasteiger partial charge in [0, 0.05) is 18.7 Å². The van der Waals surface area contributed by atoms with E-state index in [0.29, 0.717) is 6.54 Å². The minimum absolute atomic E-state index is 0.0720. The first-order chi connectivity index (χ1) is 9.30. The SMILES string of the molecule is CCC1(CNS(=O)(=O)c2ccc([N+](=O)[O-])cc2N)CC1. The lowest BCUT2D eigenvalue weighted by molar-refractivity contribution is -0.384. The van der Waals surface area contributed by atoms with E-state index in [1.54, 1.807) is 0 Å². The molecule has 0 saturated heterocycles. The summed E-state index contributed by atoms with van der Waals surface area (Å²) in [4.78, 5) is 9.87. The molecule has 0 aliphatic heterocycles. The number of benzene rings is 1. The summed E-state index contributed by atoms with van der Waals surface area (Å²) in [5.74, 6) is 0. The third-order valence-electron chi connectivity index (χ3n) is 3.84. The van der Waals surface area contributed by atoms with Crippen molar-refractivity contribution >= 4 is 21.4 Å². The zero-order valence-corrected chi connectivity index (χ0v) is 11.9. The second-order valence-corrected chi connectivity index (χ2v) is 6.89. The van der Waals surface area contributed by atoms with Crippen LogP contribution in [0, 0.1) is 15.5 Å². The van der Waals surface area contributed by atoms with Gasteiger partial charge in [-0.2, -0.15) is 0 Å². The van der Waals surface area contributed by atoms with Crippen LogP contribution in [0.2, 0.25) is 0 Å². The molecule has 0 radical (unpaired) electrons. The Balaban J connectivity index is 2.19. The highest BCUT2D eigenvalue weighted by Crippen LogP contribution is 2.48. The van der Waals surface area contributed by atoms with Gasteiger partial charge in [0.2, 0.25) is 10.0 Å². The molecule has 2 rings (SSSR count). The Labute approximate surface area is 117 Å². The molecule has 0 heterocycles. The minimum atomic E-state index is -3.73. The Morgan fingerprint density at radius 2 is 2.10 bits per heavy atom. The van der Waals surface area contributed by atoms with Crippen molar-refractivity contribution in [2.45, 2.75) is 31.1 Å². The second kappa shape index (κ2) is 5.02. The van der Waals surface area contributed by atoms with Crippen LogP contribution in [0.4, 0.5) is 11.4 Å². The summed E-state index contributed by atoms with van der Waals surface area (Å²) in [6.45, 7) is 2.41. The Morgan fingerprint density at radius 1 is 1.45 bits per heavy atom. The summed E-state index contributed by atoms with van der Waals surface area (Å²) in [6.07, 6.45) is 2.95. The molecule has 1 aromatic rings. The van der Waals surface area contributed by atoms with E-state index >= 15 is 0 Å². The highest BCUT2D eigenvalue weighted by molar-refractivity contribution is 7.89. The topological polar surface area (TPSA) is 115 Å². The molecule has 0 aromatic heterocycles. The predicted molar refractivity (Wildman–Crippen MR) is 74.7 cm³/mol. The maximum Gasteiger partial charge on any atom is 0.271 e. The molecule has 1 aliphatic carbocycles. The van der Waals surface area contributed by atoms with E-state index in [1.807, 2.05) is 6.92 Å².